The Labute approximate surface area is 133 Å². The van der Waals surface area contributed by atoms with Crippen LogP contribution in [0, 0.1) is 11.6 Å². The van der Waals surface area contributed by atoms with Crippen LogP contribution in [0.5, 0.6) is 0 Å². The van der Waals surface area contributed by atoms with Crippen molar-refractivity contribution in [2.24, 2.45) is 0 Å². The summed E-state index contributed by atoms with van der Waals surface area (Å²) in [5.74, 6) is -1.97. The Morgan fingerprint density at radius 3 is 2.50 bits per heavy atom. The molecule has 0 saturated carbocycles. The van der Waals surface area contributed by atoms with E-state index >= 15 is 0 Å². The summed E-state index contributed by atoms with van der Waals surface area (Å²) in [5.41, 5.74) is 1.27. The molecule has 0 radical (unpaired) electrons. The van der Waals surface area contributed by atoms with Gasteiger partial charge in [-0.3, -0.25) is 4.79 Å². The molecular formula is C17H16ClF2NO. The van der Waals surface area contributed by atoms with E-state index in [0.29, 0.717) is 10.6 Å². The lowest BCUT2D eigenvalue weighted by Crippen LogP contribution is -2.31. The van der Waals surface area contributed by atoms with Crippen molar-refractivity contribution in [2.75, 3.05) is 7.05 Å². The number of carbonyl (C=O) groups is 1. The van der Waals surface area contributed by atoms with Crippen LogP contribution in [0.25, 0.3) is 0 Å². The molecule has 0 aliphatic rings. The van der Waals surface area contributed by atoms with Crippen LogP contribution in [-0.4, -0.2) is 17.9 Å². The van der Waals surface area contributed by atoms with E-state index in [9.17, 15) is 13.6 Å². The number of amides is 1. The van der Waals surface area contributed by atoms with Crippen molar-refractivity contribution in [3.63, 3.8) is 0 Å². The molecule has 0 aliphatic heterocycles. The maximum absolute atomic E-state index is 13.3. The van der Waals surface area contributed by atoms with E-state index in [1.165, 1.54) is 11.0 Å². The quantitative estimate of drug-likeness (QED) is 0.817. The molecule has 0 fully saturated rings. The molecule has 2 aromatic rings. The maximum Gasteiger partial charge on any atom is 0.227 e. The third-order valence-corrected chi connectivity index (χ3v) is 4.07. The zero-order chi connectivity index (χ0) is 16.3. The van der Waals surface area contributed by atoms with Crippen LogP contribution in [-0.2, 0) is 11.2 Å². The minimum absolute atomic E-state index is 0.148. The zero-order valence-corrected chi connectivity index (χ0v) is 13.1. The summed E-state index contributed by atoms with van der Waals surface area (Å²) < 4.78 is 26.3. The first-order valence-electron chi connectivity index (χ1n) is 6.84. The molecule has 0 heterocycles. The van der Waals surface area contributed by atoms with Crippen LogP contribution < -0.4 is 0 Å². The molecule has 2 nitrogen and oxygen atoms in total. The van der Waals surface area contributed by atoms with Crippen LogP contribution in [0.2, 0.25) is 5.02 Å². The highest BCUT2D eigenvalue weighted by molar-refractivity contribution is 6.31. The third kappa shape index (κ3) is 3.63. The molecule has 0 spiro atoms. The van der Waals surface area contributed by atoms with Gasteiger partial charge >= 0.3 is 0 Å². The van der Waals surface area contributed by atoms with Crippen molar-refractivity contribution in [3.8, 4) is 0 Å². The van der Waals surface area contributed by atoms with Crippen molar-refractivity contribution in [1.29, 1.82) is 0 Å². The fourth-order valence-corrected chi connectivity index (χ4v) is 2.34. The monoisotopic (exact) mass is 323 g/mol. The van der Waals surface area contributed by atoms with Gasteiger partial charge in [-0.25, -0.2) is 8.78 Å². The number of benzene rings is 2. The molecule has 1 unspecified atom stereocenters. The van der Waals surface area contributed by atoms with E-state index in [-0.39, 0.29) is 18.4 Å². The number of hydrogen-bond acceptors (Lipinski definition) is 1. The molecular weight excluding hydrogens is 308 g/mol. The second kappa shape index (κ2) is 6.88. The van der Waals surface area contributed by atoms with Gasteiger partial charge in [0, 0.05) is 12.1 Å². The van der Waals surface area contributed by atoms with Crippen LogP contribution in [0.3, 0.4) is 0 Å². The van der Waals surface area contributed by atoms with Gasteiger partial charge in [-0.2, -0.15) is 0 Å². The predicted octanol–water partition coefficient (Wildman–Crippen LogP) is 4.38. The van der Waals surface area contributed by atoms with E-state index in [4.69, 9.17) is 11.6 Å². The van der Waals surface area contributed by atoms with Gasteiger partial charge in [-0.15, -0.1) is 0 Å². The number of halogens is 3. The Morgan fingerprint density at radius 2 is 1.86 bits per heavy atom. The summed E-state index contributed by atoms with van der Waals surface area (Å²) >= 11 is 6.05. The van der Waals surface area contributed by atoms with Crippen molar-refractivity contribution >= 4 is 17.5 Å². The molecule has 0 aromatic heterocycles. The molecule has 2 rings (SSSR count). The second-order valence-corrected chi connectivity index (χ2v) is 5.53. The number of rotatable bonds is 4. The van der Waals surface area contributed by atoms with Crippen LogP contribution in [0.1, 0.15) is 24.1 Å². The smallest absolute Gasteiger partial charge is 0.227 e. The standard InChI is InChI=1S/C17H16ClF2NO/c1-11(12-7-8-15(19)16(20)9-12)21(2)17(22)10-13-5-3-4-6-14(13)18/h3-9,11H,10H2,1-2H3. The number of nitrogens with zero attached hydrogens (tertiary/aromatic N) is 1. The van der Waals surface area contributed by atoms with Crippen molar-refractivity contribution in [1.82, 2.24) is 4.90 Å². The summed E-state index contributed by atoms with van der Waals surface area (Å²) in [5, 5.41) is 0.532. The molecule has 0 N–H and O–H groups in total. The molecule has 2 aromatic carbocycles. The lowest BCUT2D eigenvalue weighted by atomic mass is 10.1. The average Bonchev–Trinajstić information content (AvgIpc) is 2.50. The van der Waals surface area contributed by atoms with Gasteiger partial charge in [-0.1, -0.05) is 35.9 Å². The lowest BCUT2D eigenvalue weighted by molar-refractivity contribution is -0.131. The molecule has 1 amide bonds. The summed E-state index contributed by atoms with van der Waals surface area (Å²) in [6.45, 7) is 1.76. The van der Waals surface area contributed by atoms with Crippen molar-refractivity contribution in [3.05, 3.63) is 70.2 Å². The molecule has 5 heteroatoms. The van der Waals surface area contributed by atoms with Crippen molar-refractivity contribution < 1.29 is 13.6 Å². The fourth-order valence-electron chi connectivity index (χ4n) is 2.14. The summed E-state index contributed by atoms with van der Waals surface area (Å²) in [4.78, 5) is 13.8. The van der Waals surface area contributed by atoms with Crippen LogP contribution >= 0.6 is 11.6 Å². The van der Waals surface area contributed by atoms with Crippen LogP contribution in [0.15, 0.2) is 42.5 Å². The van der Waals surface area contributed by atoms with Gasteiger partial charge < -0.3 is 4.90 Å². The highest BCUT2D eigenvalue weighted by atomic mass is 35.5. The molecule has 0 bridgehead atoms. The Bertz CT molecular complexity index is 690. The van der Waals surface area contributed by atoms with Crippen LogP contribution in [0.4, 0.5) is 8.78 Å². The molecule has 0 aliphatic carbocycles. The minimum Gasteiger partial charge on any atom is -0.339 e. The van der Waals surface area contributed by atoms with Gasteiger partial charge in [0.2, 0.25) is 5.91 Å². The third-order valence-electron chi connectivity index (χ3n) is 3.70. The lowest BCUT2D eigenvalue weighted by Gasteiger charge is -2.25. The average molecular weight is 324 g/mol. The van der Waals surface area contributed by atoms with Gasteiger partial charge in [0.05, 0.1) is 12.5 Å². The molecule has 22 heavy (non-hydrogen) atoms. The summed E-state index contributed by atoms with van der Waals surface area (Å²) in [7, 11) is 1.63. The maximum atomic E-state index is 13.3. The number of hydrogen-bond donors (Lipinski definition) is 0. The Kier molecular flexibility index (Phi) is 5.14. The van der Waals surface area contributed by atoms with Gasteiger partial charge in [0.25, 0.3) is 0 Å². The van der Waals surface area contributed by atoms with Gasteiger partial charge in [0.1, 0.15) is 0 Å². The molecule has 116 valence electrons. The van der Waals surface area contributed by atoms with E-state index in [2.05, 4.69) is 0 Å². The normalized spacial score (nSPS) is 12.0. The number of carbonyl (C=O) groups excluding carboxylic acids is 1. The first-order chi connectivity index (χ1) is 10.4. The van der Waals surface area contributed by atoms with E-state index in [1.807, 2.05) is 6.07 Å². The first kappa shape index (κ1) is 16.4. The Morgan fingerprint density at radius 1 is 1.18 bits per heavy atom. The second-order valence-electron chi connectivity index (χ2n) is 5.12. The van der Waals surface area contributed by atoms with Gasteiger partial charge in [-0.05, 0) is 36.2 Å². The minimum atomic E-state index is -0.920. The zero-order valence-electron chi connectivity index (χ0n) is 12.3. The fraction of sp³-hybridized carbons (Fsp3) is 0.235. The number of likely N-dealkylation sites (N-methyl/N-ethyl adjacent to an activating group) is 1. The Balaban J connectivity index is 2.12. The first-order valence-corrected chi connectivity index (χ1v) is 7.22. The summed E-state index contributed by atoms with van der Waals surface area (Å²) in [6.07, 6.45) is 0.157. The van der Waals surface area contributed by atoms with E-state index in [0.717, 1.165) is 17.7 Å². The largest absolute Gasteiger partial charge is 0.339 e. The predicted molar refractivity (Wildman–Crippen MR) is 82.7 cm³/mol. The SMILES string of the molecule is CC(c1ccc(F)c(F)c1)N(C)C(=O)Cc1ccccc1Cl. The topological polar surface area (TPSA) is 20.3 Å². The van der Waals surface area contributed by atoms with Gasteiger partial charge in [0.15, 0.2) is 11.6 Å². The molecule has 0 saturated heterocycles. The van der Waals surface area contributed by atoms with E-state index < -0.39 is 11.6 Å². The Hall–Kier alpha value is -1.94. The summed E-state index contributed by atoms with van der Waals surface area (Å²) in [6, 6.07) is 10.4. The van der Waals surface area contributed by atoms with Crippen molar-refractivity contribution in [2.45, 2.75) is 19.4 Å². The molecule has 1 atom stereocenters. The highest BCUT2D eigenvalue weighted by Crippen LogP contribution is 2.23. The highest BCUT2D eigenvalue weighted by Gasteiger charge is 2.19. The van der Waals surface area contributed by atoms with E-state index in [1.54, 1.807) is 32.2 Å².